The highest BCUT2D eigenvalue weighted by atomic mass is 16.7. The molecule has 10 heteroatoms. The molecule has 0 saturated carbocycles. The largest absolute Gasteiger partial charge is 0.394 e. The summed E-state index contributed by atoms with van der Waals surface area (Å²) in [6.45, 7) is 3.71. The Morgan fingerprint density at radius 3 is 1.19 bits per heavy atom. The second-order valence-electron chi connectivity index (χ2n) is 20.9. The average molecular weight is 969 g/mol. The molecule has 68 heavy (non-hydrogen) atoms. The second-order valence-corrected chi connectivity index (χ2v) is 20.9. The Morgan fingerprint density at radius 1 is 0.485 bits per heavy atom. The van der Waals surface area contributed by atoms with E-state index in [9.17, 15) is 35.4 Å². The standard InChI is InChI=1S/C58H113NO9/c1-3-5-7-9-11-13-15-17-19-20-21-22-23-24-25-26-27-28-29-30-31-33-35-37-39-41-43-45-47-52(62)57(66)59-50(49-67-58-56(65)55(64)54(63)53(48-60)68-58)51(61)46-44-42-40-38-36-34-32-18-16-14-12-10-8-6-4-2/h24-25,50-56,58,60-65H,3-23,26-49H2,1-2H3,(H,59,66)/b25-24-. The van der Waals surface area contributed by atoms with Gasteiger partial charge in [-0.1, -0.05) is 264 Å². The highest BCUT2D eigenvalue weighted by Crippen LogP contribution is 2.23. The van der Waals surface area contributed by atoms with Crippen molar-refractivity contribution in [3.05, 3.63) is 12.2 Å². The van der Waals surface area contributed by atoms with Gasteiger partial charge in [0.2, 0.25) is 5.91 Å². The van der Waals surface area contributed by atoms with E-state index in [0.717, 1.165) is 51.4 Å². The summed E-state index contributed by atoms with van der Waals surface area (Å²) in [5.41, 5.74) is 0. The van der Waals surface area contributed by atoms with E-state index in [1.807, 2.05) is 0 Å². The molecule has 0 radical (unpaired) electrons. The molecule has 0 bridgehead atoms. The van der Waals surface area contributed by atoms with Gasteiger partial charge in [0, 0.05) is 0 Å². The van der Waals surface area contributed by atoms with Gasteiger partial charge in [0.1, 0.15) is 30.5 Å². The molecule has 1 heterocycles. The number of allylic oxidation sites excluding steroid dienone is 2. The molecule has 1 aliphatic heterocycles. The lowest BCUT2D eigenvalue weighted by Crippen LogP contribution is -2.60. The van der Waals surface area contributed by atoms with E-state index < -0.39 is 61.5 Å². The Balaban J connectivity index is 2.19. The van der Waals surface area contributed by atoms with Crippen LogP contribution in [-0.2, 0) is 14.3 Å². The van der Waals surface area contributed by atoms with E-state index >= 15 is 0 Å². The van der Waals surface area contributed by atoms with Crippen molar-refractivity contribution in [1.82, 2.24) is 5.32 Å². The average Bonchev–Trinajstić information content (AvgIpc) is 3.34. The van der Waals surface area contributed by atoms with Crippen molar-refractivity contribution >= 4 is 5.91 Å². The molecule has 8 atom stereocenters. The maximum absolute atomic E-state index is 13.1. The monoisotopic (exact) mass is 968 g/mol. The predicted molar refractivity (Wildman–Crippen MR) is 283 cm³/mol. The number of amides is 1. The molecule has 404 valence electrons. The number of hydrogen-bond acceptors (Lipinski definition) is 9. The number of unbranched alkanes of at least 4 members (excludes halogenated alkanes) is 38. The second kappa shape index (κ2) is 48.2. The van der Waals surface area contributed by atoms with E-state index in [1.54, 1.807) is 0 Å². The lowest BCUT2D eigenvalue weighted by atomic mass is 9.99. The van der Waals surface area contributed by atoms with E-state index in [-0.39, 0.29) is 6.61 Å². The number of carbonyl (C=O) groups excluding carboxylic acids is 1. The van der Waals surface area contributed by atoms with Gasteiger partial charge in [-0.05, 0) is 38.5 Å². The van der Waals surface area contributed by atoms with Gasteiger partial charge in [-0.2, -0.15) is 0 Å². The highest BCUT2D eigenvalue weighted by molar-refractivity contribution is 5.80. The van der Waals surface area contributed by atoms with E-state index in [1.165, 1.54) is 212 Å². The minimum absolute atomic E-state index is 0.252. The van der Waals surface area contributed by atoms with Gasteiger partial charge in [-0.15, -0.1) is 0 Å². The van der Waals surface area contributed by atoms with E-state index in [2.05, 4.69) is 31.3 Å². The van der Waals surface area contributed by atoms with Gasteiger partial charge >= 0.3 is 0 Å². The molecule has 8 unspecified atom stereocenters. The summed E-state index contributed by atoms with van der Waals surface area (Å²) >= 11 is 0. The molecule has 1 aliphatic rings. The molecular formula is C58H113NO9. The van der Waals surface area contributed by atoms with Crippen LogP contribution in [-0.4, -0.2) is 98.7 Å². The molecule has 1 fully saturated rings. The molecule has 1 saturated heterocycles. The maximum atomic E-state index is 13.1. The quantitative estimate of drug-likeness (QED) is 0.0232. The predicted octanol–water partition coefficient (Wildman–Crippen LogP) is 13.4. The molecule has 1 rings (SSSR count). The normalized spacial score (nSPS) is 20.0. The van der Waals surface area contributed by atoms with Gasteiger partial charge in [-0.25, -0.2) is 0 Å². The van der Waals surface area contributed by atoms with Crippen molar-refractivity contribution in [3.8, 4) is 0 Å². The number of aliphatic hydroxyl groups is 6. The van der Waals surface area contributed by atoms with Crippen molar-refractivity contribution in [2.45, 2.75) is 339 Å². The molecule has 10 nitrogen and oxygen atoms in total. The van der Waals surface area contributed by atoms with Crippen LogP contribution in [0.25, 0.3) is 0 Å². The van der Waals surface area contributed by atoms with Crippen LogP contribution in [0.2, 0.25) is 0 Å². The third kappa shape index (κ3) is 36.8. The van der Waals surface area contributed by atoms with Crippen LogP contribution in [0.3, 0.4) is 0 Å². The molecule has 0 aromatic heterocycles. The first-order valence-electron chi connectivity index (χ1n) is 29.5. The zero-order chi connectivity index (χ0) is 49.6. The number of nitrogens with one attached hydrogen (secondary N) is 1. The van der Waals surface area contributed by atoms with E-state index in [4.69, 9.17) is 9.47 Å². The summed E-state index contributed by atoms with van der Waals surface area (Å²) in [6.07, 6.45) is 48.5. The minimum atomic E-state index is -1.60. The van der Waals surface area contributed by atoms with Crippen LogP contribution in [0.5, 0.6) is 0 Å². The summed E-state index contributed by atoms with van der Waals surface area (Å²) in [7, 11) is 0. The number of rotatable bonds is 51. The summed E-state index contributed by atoms with van der Waals surface area (Å²) in [4.78, 5) is 13.1. The summed E-state index contributed by atoms with van der Waals surface area (Å²) in [5.74, 6) is -0.579. The van der Waals surface area contributed by atoms with Crippen molar-refractivity contribution in [1.29, 1.82) is 0 Å². The first-order valence-corrected chi connectivity index (χ1v) is 29.5. The van der Waals surface area contributed by atoms with Crippen LogP contribution in [0.15, 0.2) is 12.2 Å². The number of ether oxygens (including phenoxy) is 2. The van der Waals surface area contributed by atoms with Gasteiger partial charge in [0.15, 0.2) is 6.29 Å². The molecule has 1 amide bonds. The molecule has 0 aromatic rings. The minimum Gasteiger partial charge on any atom is -0.394 e. The van der Waals surface area contributed by atoms with Crippen molar-refractivity contribution in [2.24, 2.45) is 0 Å². The van der Waals surface area contributed by atoms with Crippen molar-refractivity contribution < 1.29 is 44.9 Å². The van der Waals surface area contributed by atoms with Crippen LogP contribution >= 0.6 is 0 Å². The fraction of sp³-hybridized carbons (Fsp3) is 0.948. The zero-order valence-corrected chi connectivity index (χ0v) is 44.5. The first kappa shape index (κ1) is 64.9. The number of carbonyl (C=O) groups is 1. The Morgan fingerprint density at radius 2 is 0.824 bits per heavy atom. The van der Waals surface area contributed by atoms with Crippen LogP contribution in [0.1, 0.15) is 290 Å². The topological polar surface area (TPSA) is 169 Å². The summed E-state index contributed by atoms with van der Waals surface area (Å²) < 4.78 is 11.2. The fourth-order valence-electron chi connectivity index (χ4n) is 9.70. The van der Waals surface area contributed by atoms with Gasteiger partial charge in [-0.3, -0.25) is 4.79 Å². The van der Waals surface area contributed by atoms with Crippen molar-refractivity contribution in [3.63, 3.8) is 0 Å². The fourth-order valence-corrected chi connectivity index (χ4v) is 9.70. The van der Waals surface area contributed by atoms with Crippen molar-refractivity contribution in [2.75, 3.05) is 13.2 Å². The first-order chi connectivity index (χ1) is 33.3. The maximum Gasteiger partial charge on any atom is 0.249 e. The number of hydrogen-bond donors (Lipinski definition) is 7. The van der Waals surface area contributed by atoms with Gasteiger partial charge in [0.25, 0.3) is 0 Å². The van der Waals surface area contributed by atoms with Gasteiger partial charge < -0.3 is 45.4 Å². The molecule has 7 N–H and O–H groups in total. The highest BCUT2D eigenvalue weighted by Gasteiger charge is 2.44. The Bertz CT molecular complexity index is 1090. The zero-order valence-electron chi connectivity index (χ0n) is 44.5. The SMILES string of the molecule is CCCCCCCCCCCCCC/C=C\CCCCCCCCCCCCCCC(O)C(=O)NC(COC1OC(CO)C(O)C(O)C1O)C(O)CCCCCCCCCCCCCCCCC. The molecule has 0 aromatic carbocycles. The third-order valence-electron chi connectivity index (χ3n) is 14.5. The third-order valence-corrected chi connectivity index (χ3v) is 14.5. The van der Waals surface area contributed by atoms with Crippen LogP contribution in [0, 0.1) is 0 Å². The molecular weight excluding hydrogens is 855 g/mol. The smallest absolute Gasteiger partial charge is 0.249 e. The lowest BCUT2D eigenvalue weighted by molar-refractivity contribution is -0.302. The Kier molecular flexibility index (Phi) is 46.0. The Labute approximate surface area is 419 Å². The van der Waals surface area contributed by atoms with E-state index in [0.29, 0.717) is 12.8 Å². The summed E-state index contributed by atoms with van der Waals surface area (Å²) in [5, 5.41) is 65.2. The van der Waals surface area contributed by atoms with Crippen LogP contribution < -0.4 is 5.32 Å². The number of aliphatic hydroxyl groups excluding tert-OH is 6. The Hall–Kier alpha value is -1.11. The summed E-state index contributed by atoms with van der Waals surface area (Å²) in [6, 6.07) is -0.892. The molecule has 0 aliphatic carbocycles. The molecule has 0 spiro atoms. The van der Waals surface area contributed by atoms with Crippen LogP contribution in [0.4, 0.5) is 0 Å². The lowest BCUT2D eigenvalue weighted by Gasteiger charge is -2.40. The van der Waals surface area contributed by atoms with Gasteiger partial charge in [0.05, 0.1) is 25.4 Å².